The van der Waals surface area contributed by atoms with Gasteiger partial charge in [-0.3, -0.25) is 0 Å². The Morgan fingerprint density at radius 2 is 1.87 bits per heavy atom. The van der Waals surface area contributed by atoms with Crippen LogP contribution in [0.2, 0.25) is 0 Å². The molecule has 15 heavy (non-hydrogen) atoms. The Balaban J connectivity index is 1.86. The highest BCUT2D eigenvalue weighted by molar-refractivity contribution is 5.48. The van der Waals surface area contributed by atoms with Crippen molar-refractivity contribution in [1.82, 2.24) is 9.97 Å². The lowest BCUT2D eigenvalue weighted by Crippen LogP contribution is -2.07. The molecule has 2 fully saturated rings. The van der Waals surface area contributed by atoms with Gasteiger partial charge < -0.3 is 10.6 Å². The first-order valence-electron chi connectivity index (χ1n) is 5.68. The van der Waals surface area contributed by atoms with Crippen molar-refractivity contribution in [2.75, 3.05) is 17.7 Å². The molecular formula is C11H16N4. The van der Waals surface area contributed by atoms with Crippen LogP contribution in [-0.2, 0) is 0 Å². The van der Waals surface area contributed by atoms with E-state index in [1.165, 1.54) is 25.7 Å². The largest absolute Gasteiger partial charge is 0.373 e. The third-order valence-corrected chi connectivity index (χ3v) is 2.87. The normalized spacial score (nSPS) is 20.1. The van der Waals surface area contributed by atoms with E-state index >= 15 is 0 Å². The van der Waals surface area contributed by atoms with E-state index < -0.39 is 0 Å². The zero-order chi connectivity index (χ0) is 10.3. The van der Waals surface area contributed by atoms with E-state index in [4.69, 9.17) is 0 Å². The van der Waals surface area contributed by atoms with Gasteiger partial charge in [-0.25, -0.2) is 9.97 Å². The number of aromatic nitrogens is 2. The van der Waals surface area contributed by atoms with Gasteiger partial charge in [0.05, 0.1) is 0 Å². The molecule has 4 nitrogen and oxygen atoms in total. The summed E-state index contributed by atoms with van der Waals surface area (Å²) in [6, 6.07) is 2.64. The lowest BCUT2D eigenvalue weighted by molar-refractivity contribution is 0.922. The minimum Gasteiger partial charge on any atom is -0.373 e. The standard InChI is InChI=1S/C11H16N4/c1-12-9-6-10(13-8-4-5-8)15-11(14-9)7-2-3-7/h6-8H,2-5H2,1H3,(H2,12,13,14,15). The predicted molar refractivity (Wildman–Crippen MR) is 60.2 cm³/mol. The number of anilines is 2. The Bertz CT molecular complexity index is 369. The summed E-state index contributed by atoms with van der Waals surface area (Å²) in [4.78, 5) is 9.04. The zero-order valence-corrected chi connectivity index (χ0v) is 8.95. The van der Waals surface area contributed by atoms with Crippen LogP contribution in [0.5, 0.6) is 0 Å². The van der Waals surface area contributed by atoms with Crippen LogP contribution in [-0.4, -0.2) is 23.1 Å². The Morgan fingerprint density at radius 1 is 1.13 bits per heavy atom. The summed E-state index contributed by atoms with van der Waals surface area (Å²) >= 11 is 0. The van der Waals surface area contributed by atoms with Crippen LogP contribution in [0.1, 0.15) is 37.4 Å². The molecule has 0 aliphatic heterocycles. The molecule has 4 heteroatoms. The summed E-state index contributed by atoms with van der Waals surface area (Å²) < 4.78 is 0. The summed E-state index contributed by atoms with van der Waals surface area (Å²) in [7, 11) is 1.90. The van der Waals surface area contributed by atoms with Gasteiger partial charge in [0.25, 0.3) is 0 Å². The molecule has 0 amide bonds. The van der Waals surface area contributed by atoms with Gasteiger partial charge >= 0.3 is 0 Å². The first-order valence-corrected chi connectivity index (χ1v) is 5.68. The van der Waals surface area contributed by atoms with Crippen LogP contribution in [0.25, 0.3) is 0 Å². The molecule has 2 aliphatic carbocycles. The van der Waals surface area contributed by atoms with Crippen LogP contribution in [0, 0.1) is 0 Å². The lowest BCUT2D eigenvalue weighted by Gasteiger charge is -2.08. The molecule has 1 aromatic heterocycles. The number of nitrogens with zero attached hydrogens (tertiary/aromatic N) is 2. The summed E-state index contributed by atoms with van der Waals surface area (Å²) in [5.41, 5.74) is 0. The molecular weight excluding hydrogens is 188 g/mol. The van der Waals surface area contributed by atoms with Crippen LogP contribution >= 0.6 is 0 Å². The zero-order valence-electron chi connectivity index (χ0n) is 8.95. The van der Waals surface area contributed by atoms with Crippen molar-refractivity contribution in [1.29, 1.82) is 0 Å². The van der Waals surface area contributed by atoms with Gasteiger partial charge in [-0.15, -0.1) is 0 Å². The minimum absolute atomic E-state index is 0.609. The van der Waals surface area contributed by atoms with Crippen LogP contribution < -0.4 is 10.6 Å². The third-order valence-electron chi connectivity index (χ3n) is 2.87. The SMILES string of the molecule is CNc1cc(NC2CC2)nc(C2CC2)n1. The predicted octanol–water partition coefficient (Wildman–Crippen LogP) is 1.97. The molecule has 0 radical (unpaired) electrons. The summed E-state index contributed by atoms with van der Waals surface area (Å²) in [5, 5.41) is 6.52. The van der Waals surface area contributed by atoms with Gasteiger partial charge in [0.1, 0.15) is 17.5 Å². The first kappa shape index (κ1) is 8.95. The van der Waals surface area contributed by atoms with Gasteiger partial charge in [0.15, 0.2) is 0 Å². The number of nitrogens with one attached hydrogen (secondary N) is 2. The summed E-state index contributed by atoms with van der Waals surface area (Å²) in [5.74, 6) is 3.52. The monoisotopic (exact) mass is 204 g/mol. The second-order valence-electron chi connectivity index (χ2n) is 4.44. The van der Waals surface area contributed by atoms with Crippen LogP contribution in [0.3, 0.4) is 0 Å². The summed E-state index contributed by atoms with van der Waals surface area (Å²) in [6.07, 6.45) is 5.04. The highest BCUT2D eigenvalue weighted by atomic mass is 15.1. The molecule has 0 aromatic carbocycles. The maximum Gasteiger partial charge on any atom is 0.136 e. The smallest absolute Gasteiger partial charge is 0.136 e. The fraction of sp³-hybridized carbons (Fsp3) is 0.636. The van der Waals surface area contributed by atoms with Crippen LogP contribution in [0.15, 0.2) is 6.07 Å². The maximum atomic E-state index is 4.56. The average Bonchev–Trinajstić information content (AvgIpc) is 3.10. The average molecular weight is 204 g/mol. The Morgan fingerprint density at radius 3 is 2.47 bits per heavy atom. The topological polar surface area (TPSA) is 49.8 Å². The van der Waals surface area contributed by atoms with E-state index in [0.29, 0.717) is 12.0 Å². The second kappa shape index (κ2) is 3.36. The van der Waals surface area contributed by atoms with Gasteiger partial charge in [-0.05, 0) is 25.7 Å². The molecule has 2 saturated carbocycles. The Hall–Kier alpha value is -1.32. The number of rotatable bonds is 4. The van der Waals surface area contributed by atoms with Crippen LogP contribution in [0.4, 0.5) is 11.6 Å². The molecule has 2 aliphatic rings. The lowest BCUT2D eigenvalue weighted by atomic mass is 10.3. The molecule has 1 heterocycles. The fourth-order valence-electron chi connectivity index (χ4n) is 1.63. The Kier molecular flexibility index (Phi) is 2.01. The Labute approximate surface area is 89.5 Å². The van der Waals surface area contributed by atoms with Gasteiger partial charge in [-0.2, -0.15) is 0 Å². The van der Waals surface area contributed by atoms with E-state index in [1.54, 1.807) is 0 Å². The minimum atomic E-state index is 0.609. The van der Waals surface area contributed by atoms with Gasteiger partial charge in [0.2, 0.25) is 0 Å². The van der Waals surface area contributed by atoms with E-state index in [2.05, 4.69) is 20.6 Å². The molecule has 80 valence electrons. The van der Waals surface area contributed by atoms with E-state index in [-0.39, 0.29) is 0 Å². The van der Waals surface area contributed by atoms with Crippen molar-refractivity contribution in [3.63, 3.8) is 0 Å². The molecule has 3 rings (SSSR count). The van der Waals surface area contributed by atoms with E-state index in [9.17, 15) is 0 Å². The van der Waals surface area contributed by atoms with Crippen molar-refractivity contribution >= 4 is 11.6 Å². The molecule has 0 spiro atoms. The molecule has 0 atom stereocenters. The molecule has 1 aromatic rings. The van der Waals surface area contributed by atoms with Crippen molar-refractivity contribution in [2.45, 2.75) is 37.6 Å². The number of hydrogen-bond acceptors (Lipinski definition) is 4. The maximum absolute atomic E-state index is 4.56. The third kappa shape index (κ3) is 2.03. The highest BCUT2D eigenvalue weighted by Gasteiger charge is 2.28. The quantitative estimate of drug-likeness (QED) is 0.787. The van der Waals surface area contributed by atoms with Crippen molar-refractivity contribution < 1.29 is 0 Å². The van der Waals surface area contributed by atoms with Crippen molar-refractivity contribution in [2.24, 2.45) is 0 Å². The molecule has 0 unspecified atom stereocenters. The first-order chi connectivity index (χ1) is 7.35. The molecule has 0 bridgehead atoms. The van der Waals surface area contributed by atoms with Crippen molar-refractivity contribution in [3.05, 3.63) is 11.9 Å². The molecule has 2 N–H and O–H groups in total. The summed E-state index contributed by atoms with van der Waals surface area (Å²) in [6.45, 7) is 0. The highest BCUT2D eigenvalue weighted by Crippen LogP contribution is 2.39. The van der Waals surface area contributed by atoms with E-state index in [0.717, 1.165) is 17.5 Å². The van der Waals surface area contributed by atoms with E-state index in [1.807, 2.05) is 13.1 Å². The second-order valence-corrected chi connectivity index (χ2v) is 4.44. The number of hydrogen-bond donors (Lipinski definition) is 2. The van der Waals surface area contributed by atoms with Gasteiger partial charge in [-0.1, -0.05) is 0 Å². The molecule has 0 saturated heterocycles. The van der Waals surface area contributed by atoms with Crippen molar-refractivity contribution in [3.8, 4) is 0 Å². The van der Waals surface area contributed by atoms with Gasteiger partial charge in [0, 0.05) is 25.1 Å². The fourth-order valence-corrected chi connectivity index (χ4v) is 1.63.